The molecular weight excluding hydrogens is 281 g/mol. The van der Waals surface area contributed by atoms with Gasteiger partial charge in [0.25, 0.3) is 0 Å². The molecule has 0 aliphatic carbocycles. The maximum atomic E-state index is 12.8. The van der Waals surface area contributed by atoms with E-state index in [2.05, 4.69) is 21.6 Å². The van der Waals surface area contributed by atoms with Gasteiger partial charge in [0.1, 0.15) is 5.82 Å². The molecule has 0 unspecified atom stereocenters. The molecule has 1 heterocycles. The molecule has 1 fully saturated rings. The topological polar surface area (TPSA) is 52.6 Å². The SMILES string of the molecule is CN1CCN(CCNS(=O)(=O)c2ccc(F)cc2)CC1. The lowest BCUT2D eigenvalue weighted by Gasteiger charge is -2.32. The Morgan fingerprint density at radius 1 is 1.15 bits per heavy atom. The quantitative estimate of drug-likeness (QED) is 0.853. The molecule has 0 saturated carbocycles. The van der Waals surface area contributed by atoms with E-state index in [-0.39, 0.29) is 4.90 Å². The summed E-state index contributed by atoms with van der Waals surface area (Å²) in [6.07, 6.45) is 0. The lowest BCUT2D eigenvalue weighted by molar-refractivity contribution is 0.156. The van der Waals surface area contributed by atoms with Crippen molar-refractivity contribution in [1.82, 2.24) is 14.5 Å². The molecule has 1 aliphatic rings. The maximum Gasteiger partial charge on any atom is 0.240 e. The summed E-state index contributed by atoms with van der Waals surface area (Å²) in [4.78, 5) is 4.57. The fourth-order valence-electron chi connectivity index (χ4n) is 2.11. The Kier molecular flexibility index (Phi) is 5.09. The molecule has 0 spiro atoms. The minimum absolute atomic E-state index is 0.0947. The summed E-state index contributed by atoms with van der Waals surface area (Å²) in [5.41, 5.74) is 0. The second-order valence-electron chi connectivity index (χ2n) is 5.00. The summed E-state index contributed by atoms with van der Waals surface area (Å²) < 4.78 is 39.3. The molecular formula is C13H20FN3O2S. The van der Waals surface area contributed by atoms with Crippen molar-refractivity contribution in [3.8, 4) is 0 Å². The average molecular weight is 301 g/mol. The molecule has 112 valence electrons. The number of rotatable bonds is 5. The number of benzene rings is 1. The van der Waals surface area contributed by atoms with Crippen LogP contribution >= 0.6 is 0 Å². The highest BCUT2D eigenvalue weighted by atomic mass is 32.2. The number of nitrogens with zero attached hydrogens (tertiary/aromatic N) is 2. The predicted octanol–water partition coefficient (Wildman–Crippen LogP) is 0.351. The van der Waals surface area contributed by atoms with Crippen molar-refractivity contribution in [2.24, 2.45) is 0 Å². The van der Waals surface area contributed by atoms with Crippen molar-refractivity contribution in [3.63, 3.8) is 0 Å². The van der Waals surface area contributed by atoms with E-state index in [0.717, 1.165) is 38.3 Å². The number of likely N-dealkylation sites (N-methyl/N-ethyl adjacent to an activating group) is 1. The summed E-state index contributed by atoms with van der Waals surface area (Å²) in [7, 11) is -1.46. The summed E-state index contributed by atoms with van der Waals surface area (Å²) in [6.45, 7) is 4.97. The average Bonchev–Trinajstić information content (AvgIpc) is 2.41. The molecule has 0 radical (unpaired) electrons. The molecule has 7 heteroatoms. The first-order valence-electron chi connectivity index (χ1n) is 6.63. The number of piperazine rings is 1. The van der Waals surface area contributed by atoms with Gasteiger partial charge in [0.15, 0.2) is 0 Å². The summed E-state index contributed by atoms with van der Waals surface area (Å²) in [5.74, 6) is -0.443. The molecule has 0 aromatic heterocycles. The number of sulfonamides is 1. The minimum Gasteiger partial charge on any atom is -0.304 e. The van der Waals surface area contributed by atoms with E-state index < -0.39 is 15.8 Å². The van der Waals surface area contributed by atoms with Crippen molar-refractivity contribution in [3.05, 3.63) is 30.1 Å². The molecule has 1 aromatic carbocycles. The third kappa shape index (κ3) is 4.24. The molecule has 1 aromatic rings. The minimum atomic E-state index is -3.54. The van der Waals surface area contributed by atoms with Gasteiger partial charge in [0.2, 0.25) is 10.0 Å². The lowest BCUT2D eigenvalue weighted by Crippen LogP contribution is -2.46. The smallest absolute Gasteiger partial charge is 0.240 e. The Morgan fingerprint density at radius 2 is 1.75 bits per heavy atom. The molecule has 20 heavy (non-hydrogen) atoms. The zero-order valence-corrected chi connectivity index (χ0v) is 12.4. The van der Waals surface area contributed by atoms with Crippen LogP contribution in [0.15, 0.2) is 29.2 Å². The normalized spacial score (nSPS) is 18.3. The number of halogens is 1. The Labute approximate surface area is 119 Å². The monoisotopic (exact) mass is 301 g/mol. The van der Waals surface area contributed by atoms with E-state index in [1.54, 1.807) is 0 Å². The van der Waals surface area contributed by atoms with Gasteiger partial charge in [-0.15, -0.1) is 0 Å². The van der Waals surface area contributed by atoms with Crippen LogP contribution in [0.1, 0.15) is 0 Å². The number of hydrogen-bond donors (Lipinski definition) is 1. The van der Waals surface area contributed by atoms with Crippen molar-refractivity contribution in [1.29, 1.82) is 0 Å². The zero-order valence-electron chi connectivity index (χ0n) is 11.5. The van der Waals surface area contributed by atoms with Crippen molar-refractivity contribution in [2.45, 2.75) is 4.90 Å². The van der Waals surface area contributed by atoms with Gasteiger partial charge in [0, 0.05) is 39.3 Å². The Hall–Kier alpha value is -1.02. The highest BCUT2D eigenvalue weighted by Gasteiger charge is 2.16. The van der Waals surface area contributed by atoms with Gasteiger partial charge >= 0.3 is 0 Å². The summed E-state index contributed by atoms with van der Waals surface area (Å²) >= 11 is 0. The summed E-state index contributed by atoms with van der Waals surface area (Å²) in [6, 6.07) is 4.84. The van der Waals surface area contributed by atoms with Crippen LogP contribution in [-0.4, -0.2) is 64.5 Å². The van der Waals surface area contributed by atoms with Crippen molar-refractivity contribution in [2.75, 3.05) is 46.3 Å². The van der Waals surface area contributed by atoms with E-state index in [0.29, 0.717) is 13.1 Å². The molecule has 0 amide bonds. The van der Waals surface area contributed by atoms with Crippen LogP contribution in [0.3, 0.4) is 0 Å². The third-order valence-electron chi connectivity index (χ3n) is 3.44. The molecule has 0 atom stereocenters. The standard InChI is InChI=1S/C13H20FN3O2S/c1-16-8-10-17(11-9-16)7-6-15-20(18,19)13-4-2-12(14)3-5-13/h2-5,15H,6-11H2,1H3. The second kappa shape index (κ2) is 6.62. The van der Waals surface area contributed by atoms with Gasteiger partial charge in [-0.1, -0.05) is 0 Å². The third-order valence-corrected chi connectivity index (χ3v) is 4.92. The molecule has 1 aliphatic heterocycles. The van der Waals surface area contributed by atoms with Crippen LogP contribution in [0.5, 0.6) is 0 Å². The van der Waals surface area contributed by atoms with E-state index >= 15 is 0 Å². The van der Waals surface area contributed by atoms with Crippen LogP contribution in [-0.2, 0) is 10.0 Å². The highest BCUT2D eigenvalue weighted by Crippen LogP contribution is 2.09. The Bertz CT molecular complexity index is 525. The zero-order chi connectivity index (χ0) is 14.6. The maximum absolute atomic E-state index is 12.8. The lowest BCUT2D eigenvalue weighted by atomic mass is 10.3. The second-order valence-corrected chi connectivity index (χ2v) is 6.76. The van der Waals surface area contributed by atoms with Crippen LogP contribution < -0.4 is 4.72 Å². The van der Waals surface area contributed by atoms with Crippen molar-refractivity contribution >= 4 is 10.0 Å². The van der Waals surface area contributed by atoms with E-state index in [9.17, 15) is 12.8 Å². The van der Waals surface area contributed by atoms with Gasteiger partial charge in [-0.3, -0.25) is 4.90 Å². The van der Waals surface area contributed by atoms with E-state index in [1.165, 1.54) is 12.1 Å². The largest absolute Gasteiger partial charge is 0.304 e. The van der Waals surface area contributed by atoms with Crippen LogP contribution in [0.25, 0.3) is 0 Å². The molecule has 1 saturated heterocycles. The molecule has 0 bridgehead atoms. The van der Waals surface area contributed by atoms with Crippen LogP contribution in [0, 0.1) is 5.82 Å². The fraction of sp³-hybridized carbons (Fsp3) is 0.538. The molecule has 1 N–H and O–H groups in total. The number of nitrogens with one attached hydrogen (secondary N) is 1. The predicted molar refractivity (Wildman–Crippen MR) is 75.5 cm³/mol. The van der Waals surface area contributed by atoms with Gasteiger partial charge in [-0.2, -0.15) is 0 Å². The first-order chi connectivity index (χ1) is 9.47. The first kappa shape index (κ1) is 15.4. The first-order valence-corrected chi connectivity index (χ1v) is 8.12. The van der Waals surface area contributed by atoms with Crippen LogP contribution in [0.2, 0.25) is 0 Å². The van der Waals surface area contributed by atoms with Gasteiger partial charge in [-0.05, 0) is 31.3 Å². The Morgan fingerprint density at radius 3 is 2.35 bits per heavy atom. The Balaban J connectivity index is 1.82. The fourth-order valence-corrected chi connectivity index (χ4v) is 3.13. The molecule has 5 nitrogen and oxygen atoms in total. The molecule has 2 rings (SSSR count). The van der Waals surface area contributed by atoms with E-state index in [4.69, 9.17) is 0 Å². The number of hydrogen-bond acceptors (Lipinski definition) is 4. The van der Waals surface area contributed by atoms with Gasteiger partial charge in [-0.25, -0.2) is 17.5 Å². The summed E-state index contributed by atoms with van der Waals surface area (Å²) in [5, 5.41) is 0. The van der Waals surface area contributed by atoms with Crippen LogP contribution in [0.4, 0.5) is 4.39 Å². The van der Waals surface area contributed by atoms with Gasteiger partial charge < -0.3 is 4.90 Å². The van der Waals surface area contributed by atoms with Gasteiger partial charge in [0.05, 0.1) is 4.90 Å². The highest BCUT2D eigenvalue weighted by molar-refractivity contribution is 7.89. The van der Waals surface area contributed by atoms with Crippen molar-refractivity contribution < 1.29 is 12.8 Å². The van der Waals surface area contributed by atoms with E-state index in [1.807, 2.05) is 0 Å².